The molecule has 0 aliphatic carbocycles. The van der Waals surface area contributed by atoms with Crippen LogP contribution in [0.25, 0.3) is 22.0 Å². The second-order valence-electron chi connectivity index (χ2n) is 5.34. The van der Waals surface area contributed by atoms with Crippen LogP contribution in [0.3, 0.4) is 0 Å². The van der Waals surface area contributed by atoms with E-state index in [0.717, 1.165) is 27.9 Å². The predicted molar refractivity (Wildman–Crippen MR) is 82.8 cm³/mol. The van der Waals surface area contributed by atoms with E-state index in [0.29, 0.717) is 6.61 Å². The molecule has 22 heavy (non-hydrogen) atoms. The fraction of sp³-hybridized carbons (Fsp3) is 0.167. The van der Waals surface area contributed by atoms with Gasteiger partial charge in [0.05, 0.1) is 5.39 Å². The van der Waals surface area contributed by atoms with E-state index in [1.54, 1.807) is 19.2 Å². The molecule has 0 spiro atoms. The highest BCUT2D eigenvalue weighted by molar-refractivity contribution is 5.88. The molecule has 0 bridgehead atoms. The minimum atomic E-state index is -0.150. The van der Waals surface area contributed by atoms with Crippen LogP contribution in [0.5, 0.6) is 11.6 Å². The highest BCUT2D eigenvalue weighted by atomic mass is 16.6. The third-order valence-corrected chi connectivity index (χ3v) is 4.05. The normalized spacial score (nSPS) is 16.5. The molecule has 1 unspecified atom stereocenters. The van der Waals surface area contributed by atoms with E-state index >= 15 is 0 Å². The number of aromatic hydroxyl groups is 1. The first-order valence-corrected chi connectivity index (χ1v) is 7.20. The Morgan fingerprint density at radius 3 is 2.68 bits per heavy atom. The molecule has 0 saturated heterocycles. The first-order valence-electron chi connectivity index (χ1n) is 7.20. The van der Waals surface area contributed by atoms with Crippen molar-refractivity contribution in [2.45, 2.75) is 6.23 Å². The molecule has 1 atom stereocenters. The van der Waals surface area contributed by atoms with Gasteiger partial charge >= 0.3 is 12.1 Å². The number of fused-ring (bicyclic) bond motifs is 3. The van der Waals surface area contributed by atoms with Crippen LogP contribution in [-0.2, 0) is 4.74 Å². The highest BCUT2D eigenvalue weighted by Crippen LogP contribution is 2.33. The van der Waals surface area contributed by atoms with Crippen LogP contribution >= 0.6 is 0 Å². The first-order chi connectivity index (χ1) is 10.8. The third kappa shape index (κ3) is 1.92. The molecule has 1 aliphatic heterocycles. The Morgan fingerprint density at radius 2 is 1.91 bits per heavy atom. The molecule has 0 radical (unpaired) electrons. The van der Waals surface area contributed by atoms with Crippen molar-refractivity contribution >= 4 is 10.8 Å². The van der Waals surface area contributed by atoms with Gasteiger partial charge in [0.25, 0.3) is 0 Å². The van der Waals surface area contributed by atoms with Gasteiger partial charge in [0.15, 0.2) is 6.61 Å². The van der Waals surface area contributed by atoms with E-state index in [-0.39, 0.29) is 12.0 Å². The lowest BCUT2D eigenvalue weighted by molar-refractivity contribution is -0.731. The predicted octanol–water partition coefficient (Wildman–Crippen LogP) is 3.04. The van der Waals surface area contributed by atoms with Gasteiger partial charge in [-0.2, -0.15) is 0 Å². The summed E-state index contributed by atoms with van der Waals surface area (Å²) in [7, 11) is 1.69. The van der Waals surface area contributed by atoms with Gasteiger partial charge in [-0.15, -0.1) is 4.57 Å². The number of rotatable bonds is 2. The minimum Gasteiger partial charge on any atom is -0.508 e. The van der Waals surface area contributed by atoms with Gasteiger partial charge in [-0.25, -0.2) is 0 Å². The molecule has 1 aliphatic rings. The average Bonchev–Trinajstić information content (AvgIpc) is 2.99. The molecule has 4 nitrogen and oxygen atoms in total. The summed E-state index contributed by atoms with van der Waals surface area (Å²) in [5.74, 6) is 1.08. The molecule has 0 saturated carbocycles. The second kappa shape index (κ2) is 5.00. The van der Waals surface area contributed by atoms with E-state index in [1.165, 1.54) is 0 Å². The van der Waals surface area contributed by atoms with Crippen molar-refractivity contribution in [2.75, 3.05) is 13.7 Å². The Kier molecular flexibility index (Phi) is 2.98. The summed E-state index contributed by atoms with van der Waals surface area (Å²) in [6.07, 6.45) is -0.150. The Labute approximate surface area is 128 Å². The van der Waals surface area contributed by atoms with Crippen molar-refractivity contribution in [3.8, 4) is 22.9 Å². The van der Waals surface area contributed by atoms with Crippen molar-refractivity contribution in [3.63, 3.8) is 0 Å². The lowest BCUT2D eigenvalue weighted by Crippen LogP contribution is -2.39. The largest absolute Gasteiger partial charge is 0.508 e. The van der Waals surface area contributed by atoms with Crippen LogP contribution in [0.15, 0.2) is 54.6 Å². The van der Waals surface area contributed by atoms with Gasteiger partial charge in [0.1, 0.15) is 5.75 Å². The fourth-order valence-corrected chi connectivity index (χ4v) is 2.96. The van der Waals surface area contributed by atoms with Crippen molar-refractivity contribution in [1.82, 2.24) is 0 Å². The Bertz CT molecular complexity index is 843. The van der Waals surface area contributed by atoms with E-state index in [2.05, 4.69) is 22.8 Å². The lowest BCUT2D eigenvalue weighted by atomic mass is 10.1. The zero-order valence-electron chi connectivity index (χ0n) is 12.2. The molecule has 1 N–H and O–H groups in total. The van der Waals surface area contributed by atoms with Gasteiger partial charge in [-0.3, -0.25) is 0 Å². The lowest BCUT2D eigenvalue weighted by Gasteiger charge is -2.08. The summed E-state index contributed by atoms with van der Waals surface area (Å²) in [4.78, 5) is 0. The number of phenolic OH excluding ortho intramolecular Hbond substituents is 1. The smallest absolute Gasteiger partial charge is 0.379 e. The Balaban J connectivity index is 2.03. The maximum atomic E-state index is 9.51. The van der Waals surface area contributed by atoms with Crippen molar-refractivity contribution in [3.05, 3.63) is 54.6 Å². The third-order valence-electron chi connectivity index (χ3n) is 4.05. The van der Waals surface area contributed by atoms with Crippen LogP contribution in [-0.4, -0.2) is 18.8 Å². The summed E-state index contributed by atoms with van der Waals surface area (Å²) >= 11 is 0. The van der Waals surface area contributed by atoms with E-state index in [4.69, 9.17) is 9.47 Å². The number of methoxy groups -OCH3 is 1. The topological polar surface area (TPSA) is 42.6 Å². The van der Waals surface area contributed by atoms with Gasteiger partial charge in [0, 0.05) is 18.7 Å². The standard InChI is InChI=1S/C18H15NO3/c1-21-17-11-22-18-15-5-3-2-4-13(15)10-16(19(17)18)12-6-8-14(20)9-7-12/h2-10,17H,11H2,1H3/p+1. The summed E-state index contributed by atoms with van der Waals surface area (Å²) in [5, 5.41) is 11.7. The van der Waals surface area contributed by atoms with Crippen molar-refractivity contribution < 1.29 is 19.1 Å². The van der Waals surface area contributed by atoms with Crippen LogP contribution in [0.1, 0.15) is 6.23 Å². The quantitative estimate of drug-likeness (QED) is 0.739. The van der Waals surface area contributed by atoms with Crippen LogP contribution < -0.4 is 9.30 Å². The average molecular weight is 294 g/mol. The summed E-state index contributed by atoms with van der Waals surface area (Å²) in [6, 6.07) is 17.5. The summed E-state index contributed by atoms with van der Waals surface area (Å²) in [5.41, 5.74) is 2.02. The van der Waals surface area contributed by atoms with E-state index < -0.39 is 0 Å². The van der Waals surface area contributed by atoms with Gasteiger partial charge < -0.3 is 14.6 Å². The molecule has 0 amide bonds. The van der Waals surface area contributed by atoms with Crippen molar-refractivity contribution in [2.24, 2.45) is 0 Å². The minimum absolute atomic E-state index is 0.150. The molecule has 2 aromatic carbocycles. The number of benzene rings is 2. The van der Waals surface area contributed by atoms with Crippen LogP contribution in [0, 0.1) is 0 Å². The van der Waals surface area contributed by atoms with Gasteiger partial charge in [-0.05, 0) is 35.7 Å². The fourth-order valence-electron chi connectivity index (χ4n) is 2.96. The molecule has 1 aromatic heterocycles. The number of nitrogens with zero attached hydrogens (tertiary/aromatic N) is 1. The van der Waals surface area contributed by atoms with Crippen molar-refractivity contribution in [1.29, 1.82) is 0 Å². The Morgan fingerprint density at radius 1 is 1.14 bits per heavy atom. The molecular weight excluding hydrogens is 278 g/mol. The number of aromatic nitrogens is 1. The second-order valence-corrected chi connectivity index (χ2v) is 5.34. The molecule has 4 rings (SSSR count). The van der Waals surface area contributed by atoms with Gasteiger partial charge in [-0.1, -0.05) is 18.2 Å². The molecule has 110 valence electrons. The summed E-state index contributed by atoms with van der Waals surface area (Å²) < 4.78 is 13.5. The van der Waals surface area contributed by atoms with E-state index in [1.807, 2.05) is 24.3 Å². The first kappa shape index (κ1) is 13.1. The van der Waals surface area contributed by atoms with E-state index in [9.17, 15) is 5.11 Å². The maximum Gasteiger partial charge on any atom is 0.379 e. The van der Waals surface area contributed by atoms with Gasteiger partial charge in [0.2, 0.25) is 5.69 Å². The summed E-state index contributed by atoms with van der Waals surface area (Å²) in [6.45, 7) is 0.496. The zero-order chi connectivity index (χ0) is 15.1. The zero-order valence-corrected chi connectivity index (χ0v) is 12.2. The number of pyridine rings is 1. The number of ether oxygens (including phenoxy) is 2. The molecule has 3 aromatic rings. The Hall–Kier alpha value is -2.59. The SMILES string of the molecule is COC1COc2c3ccccc3cc(-c3ccc(O)cc3)[n+]21. The highest BCUT2D eigenvalue weighted by Gasteiger charge is 2.37. The molecule has 0 fully saturated rings. The number of phenols is 1. The van der Waals surface area contributed by atoms with Crippen LogP contribution in [0.2, 0.25) is 0 Å². The number of hydrogen-bond acceptors (Lipinski definition) is 3. The molecule has 2 heterocycles. The number of hydrogen-bond donors (Lipinski definition) is 1. The van der Waals surface area contributed by atoms with Crippen LogP contribution in [0.4, 0.5) is 0 Å². The molecule has 4 heteroatoms. The monoisotopic (exact) mass is 294 g/mol. The molecular formula is C18H16NO3+. The maximum absolute atomic E-state index is 9.51.